The highest BCUT2D eigenvalue weighted by molar-refractivity contribution is 6.17. The SMILES string of the molecule is CC1CN(CCCCCCl)CC1N(C)C. The maximum atomic E-state index is 5.66. The second-order valence-corrected chi connectivity index (χ2v) is 5.40. The van der Waals surface area contributed by atoms with Crippen molar-refractivity contribution in [1.29, 1.82) is 0 Å². The lowest BCUT2D eigenvalue weighted by molar-refractivity contribution is 0.251. The molecule has 0 bridgehead atoms. The minimum absolute atomic E-state index is 0.748. The average molecular weight is 233 g/mol. The first-order valence-electron chi connectivity index (χ1n) is 6.10. The van der Waals surface area contributed by atoms with Crippen molar-refractivity contribution in [3.63, 3.8) is 0 Å². The smallest absolute Gasteiger partial charge is 0.0254 e. The zero-order chi connectivity index (χ0) is 11.3. The van der Waals surface area contributed by atoms with Gasteiger partial charge in [0.25, 0.3) is 0 Å². The molecule has 2 atom stereocenters. The van der Waals surface area contributed by atoms with Crippen molar-refractivity contribution in [2.24, 2.45) is 5.92 Å². The van der Waals surface area contributed by atoms with Gasteiger partial charge in [-0.1, -0.05) is 13.3 Å². The standard InChI is InChI=1S/C12H25ClN2/c1-11-9-15(8-6-4-5-7-13)10-12(11)14(2)3/h11-12H,4-10H2,1-3H3. The molecule has 0 aromatic heterocycles. The highest BCUT2D eigenvalue weighted by atomic mass is 35.5. The predicted molar refractivity (Wildman–Crippen MR) is 67.7 cm³/mol. The molecule has 0 spiro atoms. The van der Waals surface area contributed by atoms with Crippen molar-refractivity contribution in [1.82, 2.24) is 9.80 Å². The lowest BCUT2D eigenvalue weighted by atomic mass is 10.1. The Hall–Kier alpha value is 0.210. The van der Waals surface area contributed by atoms with Crippen molar-refractivity contribution in [3.05, 3.63) is 0 Å². The van der Waals surface area contributed by atoms with Gasteiger partial charge in [0, 0.05) is 25.0 Å². The summed E-state index contributed by atoms with van der Waals surface area (Å²) in [5.74, 6) is 1.63. The summed E-state index contributed by atoms with van der Waals surface area (Å²) in [4.78, 5) is 4.97. The van der Waals surface area contributed by atoms with E-state index in [2.05, 4.69) is 30.8 Å². The molecule has 3 heteroatoms. The molecule has 2 unspecified atom stereocenters. The van der Waals surface area contributed by atoms with Gasteiger partial charge in [0.1, 0.15) is 0 Å². The Morgan fingerprint density at radius 2 is 1.93 bits per heavy atom. The van der Waals surface area contributed by atoms with Crippen LogP contribution in [0.2, 0.25) is 0 Å². The summed E-state index contributed by atoms with van der Waals surface area (Å²) in [5, 5.41) is 0. The van der Waals surface area contributed by atoms with Crippen LogP contribution >= 0.6 is 11.6 Å². The van der Waals surface area contributed by atoms with Crippen molar-refractivity contribution >= 4 is 11.6 Å². The molecular formula is C12H25ClN2. The van der Waals surface area contributed by atoms with Crippen LogP contribution in [0.1, 0.15) is 26.2 Å². The van der Waals surface area contributed by atoms with Gasteiger partial charge in [0.2, 0.25) is 0 Å². The van der Waals surface area contributed by atoms with Gasteiger partial charge in [-0.3, -0.25) is 0 Å². The molecule has 1 saturated heterocycles. The van der Waals surface area contributed by atoms with E-state index >= 15 is 0 Å². The summed E-state index contributed by atoms with van der Waals surface area (Å²) in [5.41, 5.74) is 0. The van der Waals surface area contributed by atoms with Gasteiger partial charge in [0.15, 0.2) is 0 Å². The van der Waals surface area contributed by atoms with Crippen molar-refractivity contribution in [2.75, 3.05) is 39.6 Å². The Morgan fingerprint density at radius 3 is 2.47 bits per heavy atom. The molecule has 0 amide bonds. The van der Waals surface area contributed by atoms with Crippen LogP contribution in [0.5, 0.6) is 0 Å². The Morgan fingerprint density at radius 1 is 1.20 bits per heavy atom. The number of unbranched alkanes of at least 4 members (excludes halogenated alkanes) is 2. The molecule has 0 radical (unpaired) electrons. The van der Waals surface area contributed by atoms with Gasteiger partial charge < -0.3 is 9.80 Å². The fraction of sp³-hybridized carbons (Fsp3) is 1.00. The van der Waals surface area contributed by atoms with Crippen molar-refractivity contribution < 1.29 is 0 Å². The van der Waals surface area contributed by atoms with Crippen LogP contribution in [0.15, 0.2) is 0 Å². The Labute approximate surface area is 99.6 Å². The van der Waals surface area contributed by atoms with Gasteiger partial charge in [-0.2, -0.15) is 0 Å². The molecule has 1 aliphatic heterocycles. The highest BCUT2D eigenvalue weighted by Gasteiger charge is 2.30. The minimum Gasteiger partial charge on any atom is -0.305 e. The first-order chi connectivity index (χ1) is 7.15. The minimum atomic E-state index is 0.748. The number of alkyl halides is 1. The Kier molecular flexibility index (Phi) is 5.95. The summed E-state index contributed by atoms with van der Waals surface area (Å²) in [7, 11) is 4.39. The van der Waals surface area contributed by atoms with E-state index in [1.165, 1.54) is 38.9 Å². The van der Waals surface area contributed by atoms with Gasteiger partial charge in [-0.25, -0.2) is 0 Å². The van der Waals surface area contributed by atoms with E-state index in [0.29, 0.717) is 0 Å². The molecule has 1 heterocycles. The highest BCUT2D eigenvalue weighted by Crippen LogP contribution is 2.20. The lowest BCUT2D eigenvalue weighted by Gasteiger charge is -2.22. The van der Waals surface area contributed by atoms with Crippen LogP contribution in [0.25, 0.3) is 0 Å². The molecule has 1 aliphatic rings. The van der Waals surface area contributed by atoms with E-state index in [9.17, 15) is 0 Å². The number of likely N-dealkylation sites (tertiary alicyclic amines) is 1. The monoisotopic (exact) mass is 232 g/mol. The number of hydrogen-bond donors (Lipinski definition) is 0. The van der Waals surface area contributed by atoms with Crippen LogP contribution in [0, 0.1) is 5.92 Å². The van der Waals surface area contributed by atoms with Gasteiger partial charge >= 0.3 is 0 Å². The van der Waals surface area contributed by atoms with Crippen molar-refractivity contribution in [3.8, 4) is 0 Å². The molecule has 2 nitrogen and oxygen atoms in total. The first-order valence-corrected chi connectivity index (χ1v) is 6.63. The summed E-state index contributed by atoms with van der Waals surface area (Å²) in [6.45, 7) is 6.13. The number of rotatable bonds is 6. The predicted octanol–water partition coefficient (Wildman–Crippen LogP) is 2.28. The summed E-state index contributed by atoms with van der Waals surface area (Å²) < 4.78 is 0. The molecule has 0 aromatic carbocycles. The quantitative estimate of drug-likeness (QED) is 0.512. The van der Waals surface area contributed by atoms with E-state index in [-0.39, 0.29) is 0 Å². The maximum Gasteiger partial charge on any atom is 0.0254 e. The molecule has 0 aromatic rings. The second-order valence-electron chi connectivity index (χ2n) is 5.02. The largest absolute Gasteiger partial charge is 0.305 e. The number of nitrogens with zero attached hydrogens (tertiary/aromatic N) is 2. The third-order valence-electron chi connectivity index (χ3n) is 3.42. The molecule has 0 aliphatic carbocycles. The molecule has 0 saturated carbocycles. The van der Waals surface area contributed by atoms with E-state index in [4.69, 9.17) is 11.6 Å². The van der Waals surface area contributed by atoms with Crippen LogP contribution < -0.4 is 0 Å². The summed E-state index contributed by atoms with van der Waals surface area (Å²) >= 11 is 5.66. The first kappa shape index (κ1) is 13.3. The fourth-order valence-electron chi connectivity index (χ4n) is 2.51. The molecule has 0 N–H and O–H groups in total. The van der Waals surface area contributed by atoms with Crippen LogP contribution in [-0.2, 0) is 0 Å². The number of hydrogen-bond acceptors (Lipinski definition) is 2. The van der Waals surface area contributed by atoms with Crippen molar-refractivity contribution in [2.45, 2.75) is 32.2 Å². The topological polar surface area (TPSA) is 6.48 Å². The molecule has 90 valence electrons. The van der Waals surface area contributed by atoms with Crippen LogP contribution in [-0.4, -0.2) is 55.5 Å². The van der Waals surface area contributed by atoms with E-state index in [0.717, 1.165) is 17.8 Å². The molecule has 1 rings (SSSR count). The van der Waals surface area contributed by atoms with E-state index in [1.54, 1.807) is 0 Å². The Balaban J connectivity index is 2.17. The zero-order valence-electron chi connectivity index (χ0n) is 10.4. The average Bonchev–Trinajstić information content (AvgIpc) is 2.55. The molecule has 1 fully saturated rings. The number of halogens is 1. The van der Waals surface area contributed by atoms with Crippen LogP contribution in [0.4, 0.5) is 0 Å². The third-order valence-corrected chi connectivity index (χ3v) is 3.69. The number of likely N-dealkylation sites (N-methyl/N-ethyl adjacent to an activating group) is 1. The van der Waals surface area contributed by atoms with E-state index in [1.807, 2.05) is 0 Å². The maximum absolute atomic E-state index is 5.66. The third kappa shape index (κ3) is 4.29. The van der Waals surface area contributed by atoms with Gasteiger partial charge in [0.05, 0.1) is 0 Å². The molecular weight excluding hydrogens is 208 g/mol. The lowest BCUT2D eigenvalue weighted by Crippen LogP contribution is -2.34. The fourth-order valence-corrected chi connectivity index (χ4v) is 2.70. The normalized spacial score (nSPS) is 27.8. The van der Waals surface area contributed by atoms with Gasteiger partial charge in [-0.05, 0) is 39.4 Å². The summed E-state index contributed by atoms with van der Waals surface area (Å²) in [6, 6.07) is 0.748. The van der Waals surface area contributed by atoms with E-state index < -0.39 is 0 Å². The van der Waals surface area contributed by atoms with Crippen LogP contribution in [0.3, 0.4) is 0 Å². The second kappa shape index (κ2) is 6.72. The Bertz CT molecular complexity index is 173. The molecule has 15 heavy (non-hydrogen) atoms. The zero-order valence-corrected chi connectivity index (χ0v) is 11.1. The van der Waals surface area contributed by atoms with Gasteiger partial charge in [-0.15, -0.1) is 11.6 Å². The summed E-state index contributed by atoms with van der Waals surface area (Å²) in [6.07, 6.45) is 3.75.